The lowest BCUT2D eigenvalue weighted by molar-refractivity contribution is -0.114. The van der Waals surface area contributed by atoms with Gasteiger partial charge in [-0.05, 0) is 11.6 Å². The number of nitrogens with one attached hydrogen (secondary N) is 2. The molecule has 0 aliphatic rings. The van der Waals surface area contributed by atoms with E-state index in [1.807, 2.05) is 30.3 Å². The molecule has 98 valence electrons. The molecule has 1 heterocycles. The molecule has 5 heteroatoms. The van der Waals surface area contributed by atoms with E-state index in [9.17, 15) is 9.59 Å². The van der Waals surface area contributed by atoms with Crippen molar-refractivity contribution in [1.82, 2.24) is 5.32 Å². The fourth-order valence-electron chi connectivity index (χ4n) is 1.57. The molecular formula is C14H14N2O3. The number of hydrogen-bond donors (Lipinski definition) is 2. The molecule has 1 aromatic heterocycles. The number of furan rings is 1. The van der Waals surface area contributed by atoms with Gasteiger partial charge in [-0.15, -0.1) is 0 Å². The van der Waals surface area contributed by atoms with Crippen molar-refractivity contribution in [1.29, 1.82) is 0 Å². The summed E-state index contributed by atoms with van der Waals surface area (Å²) in [5.74, 6) is -0.136. The second-order valence-electron chi connectivity index (χ2n) is 4.01. The Balaban J connectivity index is 1.93. The van der Waals surface area contributed by atoms with Crippen LogP contribution < -0.4 is 10.6 Å². The van der Waals surface area contributed by atoms with Crippen LogP contribution >= 0.6 is 0 Å². The van der Waals surface area contributed by atoms with Crippen LogP contribution in [0.1, 0.15) is 23.0 Å². The van der Waals surface area contributed by atoms with Crippen LogP contribution in [0, 0.1) is 0 Å². The molecule has 0 saturated carbocycles. The molecule has 0 bridgehead atoms. The van der Waals surface area contributed by atoms with Crippen LogP contribution in [0.25, 0.3) is 0 Å². The number of amides is 2. The summed E-state index contributed by atoms with van der Waals surface area (Å²) in [5, 5.41) is 5.20. The average molecular weight is 258 g/mol. The summed E-state index contributed by atoms with van der Waals surface area (Å²) in [6, 6.07) is 12.6. The monoisotopic (exact) mass is 258 g/mol. The van der Waals surface area contributed by atoms with Crippen molar-refractivity contribution in [3.8, 4) is 0 Å². The maximum absolute atomic E-state index is 11.8. The fourth-order valence-corrected chi connectivity index (χ4v) is 1.57. The molecule has 2 aromatic rings. The lowest BCUT2D eigenvalue weighted by atomic mass is 10.2. The van der Waals surface area contributed by atoms with Gasteiger partial charge in [-0.1, -0.05) is 30.3 Å². The zero-order valence-electron chi connectivity index (χ0n) is 10.5. The summed E-state index contributed by atoms with van der Waals surface area (Å²) < 4.78 is 5.20. The number of hydrogen-bond acceptors (Lipinski definition) is 3. The highest BCUT2D eigenvalue weighted by Crippen LogP contribution is 2.13. The first-order chi connectivity index (χ1) is 9.15. The largest absolute Gasteiger partial charge is 0.435 e. The fraction of sp³-hybridized carbons (Fsp3) is 0.143. The lowest BCUT2D eigenvalue weighted by Gasteiger charge is -2.03. The van der Waals surface area contributed by atoms with Crippen molar-refractivity contribution < 1.29 is 14.0 Å². The van der Waals surface area contributed by atoms with Gasteiger partial charge in [0.2, 0.25) is 5.91 Å². The van der Waals surface area contributed by atoms with Crippen LogP contribution in [-0.2, 0) is 11.3 Å². The molecule has 1 aromatic carbocycles. The van der Waals surface area contributed by atoms with E-state index in [1.54, 1.807) is 6.07 Å². The van der Waals surface area contributed by atoms with Crippen molar-refractivity contribution in [3.05, 3.63) is 53.8 Å². The zero-order valence-corrected chi connectivity index (χ0v) is 10.5. The lowest BCUT2D eigenvalue weighted by Crippen LogP contribution is -2.22. The van der Waals surface area contributed by atoms with Crippen molar-refractivity contribution in [2.75, 3.05) is 5.32 Å². The quantitative estimate of drug-likeness (QED) is 0.882. The van der Waals surface area contributed by atoms with Gasteiger partial charge in [0.1, 0.15) is 0 Å². The molecule has 2 amide bonds. The van der Waals surface area contributed by atoms with E-state index in [1.165, 1.54) is 13.0 Å². The number of carbonyl (C=O) groups excluding carboxylic acids is 2. The van der Waals surface area contributed by atoms with Crippen molar-refractivity contribution in [3.63, 3.8) is 0 Å². The van der Waals surface area contributed by atoms with E-state index in [-0.39, 0.29) is 23.5 Å². The minimum atomic E-state index is -0.319. The highest BCUT2D eigenvalue weighted by atomic mass is 16.4. The van der Waals surface area contributed by atoms with Crippen LogP contribution in [-0.4, -0.2) is 11.8 Å². The Bertz CT molecular complexity index is 575. The first kappa shape index (κ1) is 12.9. The summed E-state index contributed by atoms with van der Waals surface area (Å²) in [4.78, 5) is 22.6. The molecule has 0 atom stereocenters. The van der Waals surface area contributed by atoms with Gasteiger partial charge in [0.05, 0.1) is 0 Å². The molecule has 5 nitrogen and oxygen atoms in total. The van der Waals surface area contributed by atoms with Gasteiger partial charge in [0.25, 0.3) is 5.91 Å². The molecule has 0 unspecified atom stereocenters. The van der Waals surface area contributed by atoms with Gasteiger partial charge in [-0.2, -0.15) is 0 Å². The van der Waals surface area contributed by atoms with E-state index in [4.69, 9.17) is 4.42 Å². The topological polar surface area (TPSA) is 71.3 Å². The molecule has 2 N–H and O–H groups in total. The van der Waals surface area contributed by atoms with Crippen LogP contribution in [0.15, 0.2) is 46.9 Å². The summed E-state index contributed by atoms with van der Waals surface area (Å²) >= 11 is 0. The third-order valence-electron chi connectivity index (χ3n) is 2.42. The number of anilines is 1. The van der Waals surface area contributed by atoms with E-state index in [0.29, 0.717) is 6.54 Å². The third kappa shape index (κ3) is 3.70. The van der Waals surface area contributed by atoms with Crippen LogP contribution in [0.5, 0.6) is 0 Å². The zero-order chi connectivity index (χ0) is 13.7. The van der Waals surface area contributed by atoms with Gasteiger partial charge < -0.3 is 9.73 Å². The van der Waals surface area contributed by atoms with Gasteiger partial charge in [0, 0.05) is 19.5 Å². The first-order valence-electron chi connectivity index (χ1n) is 5.84. The first-order valence-corrected chi connectivity index (χ1v) is 5.84. The predicted octanol–water partition coefficient (Wildman–Crippen LogP) is 2.17. The number of rotatable bonds is 4. The molecule has 0 aliphatic carbocycles. The molecule has 2 rings (SSSR count). The van der Waals surface area contributed by atoms with Crippen LogP contribution in [0.3, 0.4) is 0 Å². The highest BCUT2D eigenvalue weighted by molar-refractivity contribution is 5.93. The molecule has 0 saturated heterocycles. The molecule has 0 aliphatic heterocycles. The summed E-state index contributed by atoms with van der Waals surface area (Å²) in [5.41, 5.74) is 1.00. The SMILES string of the molecule is CC(=O)Nc1ccc(C(=O)NCc2ccccc2)o1. The number of benzene rings is 1. The molecule has 0 spiro atoms. The molecular weight excluding hydrogens is 244 g/mol. The second-order valence-corrected chi connectivity index (χ2v) is 4.01. The highest BCUT2D eigenvalue weighted by Gasteiger charge is 2.11. The normalized spacial score (nSPS) is 9.95. The van der Waals surface area contributed by atoms with E-state index < -0.39 is 0 Å². The van der Waals surface area contributed by atoms with E-state index >= 15 is 0 Å². The summed E-state index contributed by atoms with van der Waals surface area (Å²) in [7, 11) is 0. The summed E-state index contributed by atoms with van der Waals surface area (Å²) in [6.45, 7) is 1.80. The number of carbonyl (C=O) groups is 2. The summed E-state index contributed by atoms with van der Waals surface area (Å²) in [6.07, 6.45) is 0. The molecule has 19 heavy (non-hydrogen) atoms. The van der Waals surface area contributed by atoms with Crippen LogP contribution in [0.2, 0.25) is 0 Å². The van der Waals surface area contributed by atoms with Crippen molar-refractivity contribution in [2.45, 2.75) is 13.5 Å². The van der Waals surface area contributed by atoms with Crippen LogP contribution in [0.4, 0.5) is 5.88 Å². The Morgan fingerprint density at radius 3 is 2.53 bits per heavy atom. The average Bonchev–Trinajstić information content (AvgIpc) is 2.85. The van der Waals surface area contributed by atoms with Gasteiger partial charge >= 0.3 is 0 Å². The second kappa shape index (κ2) is 5.86. The smallest absolute Gasteiger partial charge is 0.287 e. The van der Waals surface area contributed by atoms with E-state index in [2.05, 4.69) is 10.6 Å². The maximum Gasteiger partial charge on any atom is 0.287 e. The van der Waals surface area contributed by atoms with Gasteiger partial charge in [-0.3, -0.25) is 14.9 Å². The minimum absolute atomic E-state index is 0.166. The molecule has 0 fully saturated rings. The maximum atomic E-state index is 11.8. The Kier molecular flexibility index (Phi) is 3.97. The standard InChI is InChI=1S/C14H14N2O3/c1-10(17)16-13-8-7-12(19-13)14(18)15-9-11-5-3-2-4-6-11/h2-8H,9H2,1H3,(H,15,18)(H,16,17). The minimum Gasteiger partial charge on any atom is -0.435 e. The Morgan fingerprint density at radius 1 is 1.11 bits per heavy atom. The molecule has 0 radical (unpaired) electrons. The van der Waals surface area contributed by atoms with Crippen molar-refractivity contribution >= 4 is 17.7 Å². The van der Waals surface area contributed by atoms with Gasteiger partial charge in [-0.25, -0.2) is 0 Å². The Morgan fingerprint density at radius 2 is 1.84 bits per heavy atom. The predicted molar refractivity (Wildman–Crippen MR) is 70.6 cm³/mol. The van der Waals surface area contributed by atoms with Crippen molar-refractivity contribution in [2.24, 2.45) is 0 Å². The van der Waals surface area contributed by atoms with E-state index in [0.717, 1.165) is 5.56 Å². The van der Waals surface area contributed by atoms with Gasteiger partial charge in [0.15, 0.2) is 11.6 Å². The third-order valence-corrected chi connectivity index (χ3v) is 2.42. The Hall–Kier alpha value is -2.56. The Labute approximate surface area is 110 Å².